The van der Waals surface area contributed by atoms with E-state index in [1.54, 1.807) is 0 Å². The van der Waals surface area contributed by atoms with Gasteiger partial charge in [-0.2, -0.15) is 0 Å². The second-order valence-corrected chi connectivity index (χ2v) is 8.22. The minimum absolute atomic E-state index is 0.102. The standard InChI is InChI=1S/C23H26N4O2S/c1-2-27-20(17-18-9-5-3-6-10-18)24-25-23(27)30-21(19-11-7-4-8-12-19)22(28)26-13-15-29-16-14-26/h3-12,21H,2,13-17H2,1H3/t21-/m1/s1. The van der Waals surface area contributed by atoms with Gasteiger partial charge in [-0.3, -0.25) is 4.79 Å². The topological polar surface area (TPSA) is 60.2 Å². The maximum Gasteiger partial charge on any atom is 0.240 e. The third-order valence-corrected chi connectivity index (χ3v) is 6.41. The Morgan fingerprint density at radius 2 is 1.70 bits per heavy atom. The van der Waals surface area contributed by atoms with Crippen LogP contribution in [0.15, 0.2) is 65.8 Å². The monoisotopic (exact) mass is 422 g/mol. The van der Waals surface area contributed by atoms with E-state index in [4.69, 9.17) is 4.74 Å². The van der Waals surface area contributed by atoms with E-state index in [0.29, 0.717) is 26.3 Å². The molecule has 0 aliphatic carbocycles. The van der Waals surface area contributed by atoms with E-state index in [9.17, 15) is 4.79 Å². The molecule has 3 aromatic rings. The van der Waals surface area contributed by atoms with Gasteiger partial charge in [-0.1, -0.05) is 72.4 Å². The lowest BCUT2D eigenvalue weighted by Gasteiger charge is -2.30. The number of morpholine rings is 1. The maximum absolute atomic E-state index is 13.4. The number of benzene rings is 2. The molecule has 0 radical (unpaired) electrons. The summed E-state index contributed by atoms with van der Waals surface area (Å²) in [7, 11) is 0. The summed E-state index contributed by atoms with van der Waals surface area (Å²) >= 11 is 1.48. The number of hydrogen-bond donors (Lipinski definition) is 0. The Bertz CT molecular complexity index is 956. The average molecular weight is 423 g/mol. The molecular weight excluding hydrogens is 396 g/mol. The number of rotatable bonds is 7. The van der Waals surface area contributed by atoms with Gasteiger partial charge in [0.05, 0.1) is 13.2 Å². The molecular formula is C23H26N4O2S. The molecule has 30 heavy (non-hydrogen) atoms. The summed E-state index contributed by atoms with van der Waals surface area (Å²) in [6.07, 6.45) is 0.718. The number of thioether (sulfide) groups is 1. The smallest absolute Gasteiger partial charge is 0.240 e. The summed E-state index contributed by atoms with van der Waals surface area (Å²) in [5, 5.41) is 9.32. The van der Waals surface area contributed by atoms with Crippen molar-refractivity contribution in [1.82, 2.24) is 19.7 Å². The Labute approximate surface area is 181 Å². The van der Waals surface area contributed by atoms with E-state index >= 15 is 0 Å². The van der Waals surface area contributed by atoms with Gasteiger partial charge in [0.25, 0.3) is 0 Å². The van der Waals surface area contributed by atoms with E-state index in [-0.39, 0.29) is 11.2 Å². The molecule has 0 bridgehead atoms. The van der Waals surface area contributed by atoms with Gasteiger partial charge in [-0.25, -0.2) is 0 Å². The van der Waals surface area contributed by atoms with Crippen LogP contribution in [0.1, 0.15) is 29.1 Å². The van der Waals surface area contributed by atoms with Crippen molar-refractivity contribution in [3.8, 4) is 0 Å². The first-order valence-electron chi connectivity index (χ1n) is 10.3. The molecule has 156 valence electrons. The van der Waals surface area contributed by atoms with E-state index in [0.717, 1.165) is 29.5 Å². The maximum atomic E-state index is 13.4. The van der Waals surface area contributed by atoms with Crippen LogP contribution in [0.2, 0.25) is 0 Å². The van der Waals surface area contributed by atoms with Gasteiger partial charge in [0.1, 0.15) is 11.1 Å². The van der Waals surface area contributed by atoms with Crippen molar-refractivity contribution in [2.45, 2.75) is 30.3 Å². The zero-order valence-electron chi connectivity index (χ0n) is 17.1. The zero-order chi connectivity index (χ0) is 20.8. The lowest BCUT2D eigenvalue weighted by molar-refractivity contribution is -0.134. The first kappa shape index (κ1) is 20.6. The van der Waals surface area contributed by atoms with Crippen LogP contribution in [0, 0.1) is 0 Å². The first-order valence-corrected chi connectivity index (χ1v) is 11.2. The molecule has 2 heterocycles. The molecule has 1 amide bonds. The number of carbonyl (C=O) groups excluding carboxylic acids is 1. The molecule has 1 aromatic heterocycles. The van der Waals surface area contributed by atoms with Crippen LogP contribution in [0.4, 0.5) is 0 Å². The second kappa shape index (κ2) is 9.91. The Hall–Kier alpha value is -2.64. The molecule has 1 aliphatic heterocycles. The summed E-state index contributed by atoms with van der Waals surface area (Å²) in [6.45, 7) is 5.27. The fraction of sp³-hybridized carbons (Fsp3) is 0.348. The normalized spacial score (nSPS) is 15.2. The predicted octanol–water partition coefficient (Wildman–Crippen LogP) is 3.58. The predicted molar refractivity (Wildman–Crippen MR) is 117 cm³/mol. The van der Waals surface area contributed by atoms with Crippen LogP contribution < -0.4 is 0 Å². The molecule has 1 atom stereocenters. The summed E-state index contributed by atoms with van der Waals surface area (Å²) in [4.78, 5) is 15.3. The molecule has 2 aromatic carbocycles. The molecule has 1 saturated heterocycles. The number of nitrogens with zero attached hydrogens (tertiary/aromatic N) is 4. The molecule has 4 rings (SSSR count). The van der Waals surface area contributed by atoms with E-state index in [1.807, 2.05) is 53.4 Å². The van der Waals surface area contributed by atoms with Gasteiger partial charge in [-0.05, 0) is 18.1 Å². The van der Waals surface area contributed by atoms with Gasteiger partial charge >= 0.3 is 0 Å². The van der Waals surface area contributed by atoms with Crippen molar-refractivity contribution in [2.24, 2.45) is 0 Å². The van der Waals surface area contributed by atoms with Crippen LogP contribution in [0.5, 0.6) is 0 Å². The fourth-order valence-corrected chi connectivity index (χ4v) is 4.78. The van der Waals surface area contributed by atoms with Crippen molar-refractivity contribution in [3.63, 3.8) is 0 Å². The Morgan fingerprint density at radius 3 is 2.37 bits per heavy atom. The van der Waals surface area contributed by atoms with Crippen molar-refractivity contribution in [3.05, 3.63) is 77.6 Å². The highest BCUT2D eigenvalue weighted by Crippen LogP contribution is 2.36. The highest BCUT2D eigenvalue weighted by molar-refractivity contribution is 8.00. The quantitative estimate of drug-likeness (QED) is 0.545. The summed E-state index contributed by atoms with van der Waals surface area (Å²) in [6, 6.07) is 20.2. The van der Waals surface area contributed by atoms with Gasteiger partial charge in [0.15, 0.2) is 5.16 Å². The van der Waals surface area contributed by atoms with Crippen molar-refractivity contribution in [2.75, 3.05) is 26.3 Å². The minimum Gasteiger partial charge on any atom is -0.378 e. The molecule has 0 unspecified atom stereocenters. The number of ether oxygens (including phenoxy) is 1. The molecule has 1 aliphatic rings. The van der Waals surface area contributed by atoms with Crippen LogP contribution >= 0.6 is 11.8 Å². The Morgan fingerprint density at radius 1 is 1.03 bits per heavy atom. The number of carbonyl (C=O) groups is 1. The van der Waals surface area contributed by atoms with Crippen molar-refractivity contribution < 1.29 is 9.53 Å². The summed E-state index contributed by atoms with van der Waals surface area (Å²) in [5.74, 6) is 1.02. The summed E-state index contributed by atoms with van der Waals surface area (Å²) < 4.78 is 7.53. The average Bonchev–Trinajstić information content (AvgIpc) is 3.19. The van der Waals surface area contributed by atoms with Crippen LogP contribution in [-0.2, 0) is 22.5 Å². The lowest BCUT2D eigenvalue weighted by atomic mass is 10.1. The van der Waals surface area contributed by atoms with Crippen molar-refractivity contribution >= 4 is 17.7 Å². The SMILES string of the molecule is CCn1c(Cc2ccccc2)nnc1S[C@@H](C(=O)N1CCOCC1)c1ccccc1. The highest BCUT2D eigenvalue weighted by atomic mass is 32.2. The number of hydrogen-bond acceptors (Lipinski definition) is 5. The van der Waals surface area contributed by atoms with E-state index in [2.05, 4.69) is 33.8 Å². The molecule has 0 saturated carbocycles. The highest BCUT2D eigenvalue weighted by Gasteiger charge is 2.30. The van der Waals surface area contributed by atoms with Crippen LogP contribution in [-0.4, -0.2) is 51.9 Å². The Balaban J connectivity index is 1.60. The van der Waals surface area contributed by atoms with Crippen LogP contribution in [0.25, 0.3) is 0 Å². The molecule has 0 N–H and O–H groups in total. The first-order chi connectivity index (χ1) is 14.8. The zero-order valence-corrected chi connectivity index (χ0v) is 17.9. The van der Waals surface area contributed by atoms with Crippen LogP contribution in [0.3, 0.4) is 0 Å². The third-order valence-electron chi connectivity index (χ3n) is 5.19. The second-order valence-electron chi connectivity index (χ2n) is 7.15. The minimum atomic E-state index is -0.358. The molecule has 6 nitrogen and oxygen atoms in total. The van der Waals surface area contributed by atoms with E-state index < -0.39 is 0 Å². The molecule has 1 fully saturated rings. The molecule has 7 heteroatoms. The Kier molecular flexibility index (Phi) is 6.81. The summed E-state index contributed by atoms with van der Waals surface area (Å²) in [5.41, 5.74) is 2.18. The van der Waals surface area contributed by atoms with Crippen molar-refractivity contribution in [1.29, 1.82) is 0 Å². The van der Waals surface area contributed by atoms with Gasteiger partial charge in [0.2, 0.25) is 5.91 Å². The van der Waals surface area contributed by atoms with Gasteiger partial charge in [0, 0.05) is 26.1 Å². The van der Waals surface area contributed by atoms with E-state index in [1.165, 1.54) is 17.3 Å². The molecule has 0 spiro atoms. The number of aromatic nitrogens is 3. The largest absolute Gasteiger partial charge is 0.378 e. The number of amides is 1. The van der Waals surface area contributed by atoms with Gasteiger partial charge in [-0.15, -0.1) is 10.2 Å². The van der Waals surface area contributed by atoms with Gasteiger partial charge < -0.3 is 14.2 Å². The fourth-order valence-electron chi connectivity index (χ4n) is 3.58. The lowest BCUT2D eigenvalue weighted by Crippen LogP contribution is -2.42. The third kappa shape index (κ3) is 4.74.